The van der Waals surface area contributed by atoms with Crippen LogP contribution in [0.3, 0.4) is 0 Å². The van der Waals surface area contributed by atoms with Crippen molar-refractivity contribution in [3.8, 4) is 17.2 Å². The van der Waals surface area contributed by atoms with Crippen LogP contribution in [0.1, 0.15) is 35.7 Å². The van der Waals surface area contributed by atoms with Crippen molar-refractivity contribution in [2.24, 2.45) is 0 Å². The number of nitrogens with zero attached hydrogens (tertiary/aromatic N) is 4. The zero-order valence-electron chi connectivity index (χ0n) is 19.1. The first kappa shape index (κ1) is 21.5. The molecule has 0 unspecified atom stereocenters. The Morgan fingerprint density at radius 2 is 1.97 bits per heavy atom. The third-order valence-electron chi connectivity index (χ3n) is 6.07. The van der Waals surface area contributed by atoms with Crippen LogP contribution in [0.25, 0.3) is 0 Å². The number of fused-ring (bicyclic) bond motifs is 1. The van der Waals surface area contributed by atoms with Gasteiger partial charge in [0.05, 0.1) is 13.3 Å². The maximum absolute atomic E-state index is 5.79. The Bertz CT molecular complexity index is 1110. The zero-order valence-corrected chi connectivity index (χ0v) is 19.1. The quantitative estimate of drug-likeness (QED) is 0.605. The SMILES string of the molecule is COc1cc2c(cc1CN1CCC[C@H](c3cc(Nc4cnccn4)cc(C)n3)C1)OCCO2. The first-order valence-electron chi connectivity index (χ1n) is 11.4. The van der Waals surface area contributed by atoms with Crippen LogP contribution in [0.4, 0.5) is 11.5 Å². The van der Waals surface area contributed by atoms with E-state index in [1.165, 1.54) is 0 Å². The summed E-state index contributed by atoms with van der Waals surface area (Å²) in [6.07, 6.45) is 7.32. The molecule has 0 saturated carbocycles. The number of piperidine rings is 1. The van der Waals surface area contributed by atoms with Crippen LogP contribution in [0.5, 0.6) is 17.2 Å². The predicted octanol–water partition coefficient (Wildman–Crippen LogP) is 4.08. The highest BCUT2D eigenvalue weighted by molar-refractivity contribution is 5.56. The molecule has 2 aromatic heterocycles. The Labute approximate surface area is 193 Å². The van der Waals surface area contributed by atoms with Crippen molar-refractivity contribution in [3.63, 3.8) is 0 Å². The highest BCUT2D eigenvalue weighted by Gasteiger charge is 2.25. The van der Waals surface area contributed by atoms with Crippen LogP contribution in [-0.4, -0.2) is 53.3 Å². The molecule has 1 N–H and O–H groups in total. The molecule has 1 saturated heterocycles. The molecule has 33 heavy (non-hydrogen) atoms. The number of anilines is 2. The molecule has 0 aliphatic carbocycles. The van der Waals surface area contributed by atoms with Crippen LogP contribution in [0.2, 0.25) is 0 Å². The second-order valence-corrected chi connectivity index (χ2v) is 8.52. The monoisotopic (exact) mass is 447 g/mol. The van der Waals surface area contributed by atoms with Crippen LogP contribution < -0.4 is 19.5 Å². The molecule has 2 aliphatic heterocycles. The van der Waals surface area contributed by atoms with E-state index in [1.54, 1.807) is 25.7 Å². The number of aryl methyl sites for hydroxylation is 1. The first-order valence-corrected chi connectivity index (χ1v) is 11.4. The molecule has 8 nitrogen and oxygen atoms in total. The van der Waals surface area contributed by atoms with Gasteiger partial charge in [0.1, 0.15) is 24.8 Å². The number of pyridine rings is 1. The van der Waals surface area contributed by atoms with E-state index < -0.39 is 0 Å². The molecule has 3 aromatic rings. The number of ether oxygens (including phenoxy) is 3. The molecule has 0 bridgehead atoms. The third kappa shape index (κ3) is 5.01. The van der Waals surface area contributed by atoms with E-state index in [9.17, 15) is 0 Å². The fourth-order valence-corrected chi connectivity index (χ4v) is 4.59. The number of hydrogen-bond acceptors (Lipinski definition) is 8. The zero-order chi connectivity index (χ0) is 22.6. The number of nitrogens with one attached hydrogen (secondary N) is 1. The summed E-state index contributed by atoms with van der Waals surface area (Å²) in [5.74, 6) is 3.48. The van der Waals surface area contributed by atoms with Crippen molar-refractivity contribution in [1.82, 2.24) is 19.9 Å². The van der Waals surface area contributed by atoms with Gasteiger partial charge in [0.25, 0.3) is 0 Å². The van der Waals surface area contributed by atoms with E-state index in [1.807, 2.05) is 19.1 Å². The highest BCUT2D eigenvalue weighted by atomic mass is 16.6. The second-order valence-electron chi connectivity index (χ2n) is 8.52. The minimum Gasteiger partial charge on any atom is -0.496 e. The topological polar surface area (TPSA) is 81.6 Å². The van der Waals surface area contributed by atoms with Crippen molar-refractivity contribution in [2.75, 3.05) is 38.7 Å². The van der Waals surface area contributed by atoms with Crippen molar-refractivity contribution < 1.29 is 14.2 Å². The van der Waals surface area contributed by atoms with Gasteiger partial charge in [-0.25, -0.2) is 4.98 Å². The van der Waals surface area contributed by atoms with Gasteiger partial charge < -0.3 is 19.5 Å². The van der Waals surface area contributed by atoms with E-state index in [2.05, 4.69) is 32.3 Å². The fraction of sp³-hybridized carbons (Fsp3) is 0.400. The first-order chi connectivity index (χ1) is 16.2. The summed E-state index contributed by atoms with van der Waals surface area (Å²) in [7, 11) is 1.70. The molecule has 1 aromatic carbocycles. The van der Waals surface area contributed by atoms with Crippen LogP contribution in [0.15, 0.2) is 42.9 Å². The van der Waals surface area contributed by atoms with Crippen LogP contribution >= 0.6 is 0 Å². The summed E-state index contributed by atoms with van der Waals surface area (Å²) in [4.78, 5) is 15.8. The molecule has 4 heterocycles. The van der Waals surface area contributed by atoms with Gasteiger partial charge in [-0.3, -0.25) is 14.9 Å². The smallest absolute Gasteiger partial charge is 0.165 e. The Kier molecular flexibility index (Phi) is 6.26. The molecular formula is C25H29N5O3. The lowest BCUT2D eigenvalue weighted by Gasteiger charge is -2.33. The molecular weight excluding hydrogens is 418 g/mol. The summed E-state index contributed by atoms with van der Waals surface area (Å²) in [6.45, 7) is 5.97. The van der Waals surface area contributed by atoms with E-state index >= 15 is 0 Å². The summed E-state index contributed by atoms with van der Waals surface area (Å²) < 4.78 is 17.2. The van der Waals surface area contributed by atoms with Crippen LogP contribution in [0, 0.1) is 6.92 Å². The lowest BCUT2D eigenvalue weighted by molar-refractivity contribution is 0.168. The average molecular weight is 448 g/mol. The minimum atomic E-state index is 0.365. The predicted molar refractivity (Wildman–Crippen MR) is 126 cm³/mol. The number of likely N-dealkylation sites (tertiary alicyclic amines) is 1. The largest absolute Gasteiger partial charge is 0.496 e. The molecule has 5 rings (SSSR count). The van der Waals surface area contributed by atoms with Gasteiger partial charge in [-0.15, -0.1) is 0 Å². The average Bonchev–Trinajstić information content (AvgIpc) is 2.84. The second kappa shape index (κ2) is 9.62. The van der Waals surface area contributed by atoms with Crippen LogP contribution in [-0.2, 0) is 6.54 Å². The van der Waals surface area contributed by atoms with E-state index in [0.717, 1.165) is 78.2 Å². The summed E-state index contributed by atoms with van der Waals surface area (Å²) in [5.41, 5.74) is 4.21. The van der Waals surface area contributed by atoms with Gasteiger partial charge in [0.15, 0.2) is 11.5 Å². The third-order valence-corrected chi connectivity index (χ3v) is 6.07. The molecule has 0 amide bonds. The molecule has 172 valence electrons. The lowest BCUT2D eigenvalue weighted by Crippen LogP contribution is -2.34. The van der Waals surface area contributed by atoms with Gasteiger partial charge in [-0.2, -0.15) is 0 Å². The van der Waals surface area contributed by atoms with Crippen molar-refractivity contribution >= 4 is 11.5 Å². The van der Waals surface area contributed by atoms with E-state index in [-0.39, 0.29) is 0 Å². The molecule has 0 spiro atoms. The molecule has 2 aliphatic rings. The summed E-state index contributed by atoms with van der Waals surface area (Å²) >= 11 is 0. The fourth-order valence-electron chi connectivity index (χ4n) is 4.59. The maximum Gasteiger partial charge on any atom is 0.165 e. The molecule has 1 atom stereocenters. The Balaban J connectivity index is 1.32. The van der Waals surface area contributed by atoms with Gasteiger partial charge in [0.2, 0.25) is 0 Å². The number of rotatable bonds is 6. The van der Waals surface area contributed by atoms with Crippen molar-refractivity contribution in [2.45, 2.75) is 32.2 Å². The Morgan fingerprint density at radius 3 is 2.76 bits per heavy atom. The normalized spacial score (nSPS) is 18.1. The van der Waals surface area contributed by atoms with Gasteiger partial charge in [-0.1, -0.05) is 0 Å². The number of hydrogen-bond donors (Lipinski definition) is 1. The Hall–Kier alpha value is -3.39. The standard InChI is InChI=1S/C25H29N5O3/c1-17-10-20(29-25-14-26-5-6-27-25)12-21(28-17)18-4-3-7-30(15-18)16-19-11-23-24(13-22(19)31-2)33-9-8-32-23/h5-6,10-14,18H,3-4,7-9,15-16H2,1-2H3,(H,27,28,29)/t18-/m0/s1. The van der Waals surface area contributed by atoms with Crippen molar-refractivity contribution in [1.29, 1.82) is 0 Å². The molecule has 1 fully saturated rings. The van der Waals surface area contributed by atoms with E-state index in [4.69, 9.17) is 19.2 Å². The summed E-state index contributed by atoms with van der Waals surface area (Å²) in [5, 5.41) is 3.35. The number of aromatic nitrogens is 3. The number of benzene rings is 1. The maximum atomic E-state index is 5.79. The number of methoxy groups -OCH3 is 1. The van der Waals surface area contributed by atoms with Gasteiger partial charge in [-0.05, 0) is 44.5 Å². The minimum absolute atomic E-state index is 0.365. The van der Waals surface area contributed by atoms with Crippen molar-refractivity contribution in [3.05, 3.63) is 59.8 Å². The highest BCUT2D eigenvalue weighted by Crippen LogP contribution is 2.38. The Morgan fingerprint density at radius 1 is 1.12 bits per heavy atom. The summed E-state index contributed by atoms with van der Waals surface area (Å²) in [6, 6.07) is 8.18. The molecule has 8 heteroatoms. The van der Waals surface area contributed by atoms with E-state index in [0.29, 0.717) is 19.1 Å². The lowest BCUT2D eigenvalue weighted by atomic mass is 9.93. The van der Waals surface area contributed by atoms with Gasteiger partial charge in [0, 0.05) is 60.1 Å². The van der Waals surface area contributed by atoms with Gasteiger partial charge >= 0.3 is 0 Å². The molecule has 0 radical (unpaired) electrons.